The number of hydrogen-bond acceptors (Lipinski definition) is 2. The lowest BCUT2D eigenvalue weighted by molar-refractivity contribution is 0.561. The number of rotatable bonds is 0. The predicted molar refractivity (Wildman–Crippen MR) is 75.9 cm³/mol. The molecule has 5 heteroatoms. The molecule has 0 aliphatic heterocycles. The van der Waals surface area contributed by atoms with Gasteiger partial charge < -0.3 is 9.59 Å². The lowest BCUT2D eigenvalue weighted by Gasteiger charge is -2.01. The minimum atomic E-state index is -1.61. The monoisotopic (exact) mass is 254 g/mol. The second kappa shape index (κ2) is 8.85. The van der Waals surface area contributed by atoms with Gasteiger partial charge in [0.2, 0.25) is 0 Å². The minimum absolute atomic E-state index is 0.611. The van der Waals surface area contributed by atoms with E-state index >= 15 is 0 Å². The Morgan fingerprint density at radius 2 is 0.786 bits per heavy atom. The van der Waals surface area contributed by atoms with Crippen LogP contribution >= 0.6 is 0 Å². The van der Waals surface area contributed by atoms with Crippen LogP contribution in [-0.2, 0) is 0 Å². The molecule has 0 aliphatic carbocycles. The highest BCUT2D eigenvalue weighted by Gasteiger charge is 2.03. The van der Waals surface area contributed by atoms with E-state index in [0.29, 0.717) is 0 Å². The van der Waals surface area contributed by atoms with Gasteiger partial charge in [-0.05, 0) is 32.7 Å². The molecule has 0 unspecified atom stereocenters. The van der Waals surface area contributed by atoms with Crippen LogP contribution in [0, 0.1) is 0 Å². The van der Waals surface area contributed by atoms with Gasteiger partial charge in [0, 0.05) is 8.07 Å². The third kappa shape index (κ3) is 5170. The Hall–Kier alpha value is 0.571. The predicted octanol–water partition coefficient (Wildman–Crippen LogP) is 2.73. The molecule has 2 nitrogen and oxygen atoms in total. The third-order valence-electron chi connectivity index (χ3n) is 0. The second-order valence-electron chi connectivity index (χ2n) is 6.26. The van der Waals surface area contributed by atoms with Gasteiger partial charge in [-0.2, -0.15) is 0 Å². The van der Waals surface area contributed by atoms with Crippen molar-refractivity contribution in [2.75, 3.05) is 0 Å². The molecule has 14 heavy (non-hydrogen) atoms. The molecule has 0 aromatic heterocycles. The first kappa shape index (κ1) is 20.0. The Kier molecular flexibility index (Phi) is 12.7. The Bertz CT molecular complexity index is 87.5. The van der Waals surface area contributed by atoms with Crippen molar-refractivity contribution in [2.24, 2.45) is 0 Å². The summed E-state index contributed by atoms with van der Waals surface area (Å²) in [4.78, 5) is 16.9. The van der Waals surface area contributed by atoms with Crippen LogP contribution in [0.5, 0.6) is 0 Å². The molecular weight excluding hydrogens is 224 g/mol. The van der Waals surface area contributed by atoms with Crippen molar-refractivity contribution < 1.29 is 9.59 Å². The van der Waals surface area contributed by atoms with Crippen molar-refractivity contribution in [1.82, 2.24) is 0 Å². The summed E-state index contributed by atoms with van der Waals surface area (Å²) in [7, 11) is -3.36. The molecule has 0 amide bonds. The van der Waals surface area contributed by atoms with Crippen LogP contribution in [0.3, 0.4) is 0 Å². The standard InChI is InChI=1S/C4H12Si.C3H10OSi.C2H8OSi/c2*1-5(2,3)4;1-4(2)3/h1-4H3;4H,1-3H3;3-4H,1-2H3. The molecule has 2 N–H and O–H groups in total. The van der Waals surface area contributed by atoms with E-state index in [2.05, 4.69) is 26.2 Å². The third-order valence-corrected chi connectivity index (χ3v) is 0. The summed E-state index contributed by atoms with van der Waals surface area (Å²) >= 11 is 0. The van der Waals surface area contributed by atoms with Crippen LogP contribution in [0.4, 0.5) is 0 Å². The Morgan fingerprint density at radius 3 is 0.786 bits per heavy atom. The topological polar surface area (TPSA) is 40.5 Å². The Balaban J connectivity index is -0.000000131. The van der Waals surface area contributed by atoms with Crippen molar-refractivity contribution in [3.63, 3.8) is 0 Å². The molecule has 0 radical (unpaired) electrons. The van der Waals surface area contributed by atoms with Gasteiger partial charge in [0.15, 0.2) is 17.4 Å². The van der Waals surface area contributed by atoms with E-state index in [0.717, 1.165) is 0 Å². The van der Waals surface area contributed by atoms with Crippen molar-refractivity contribution in [1.29, 1.82) is 0 Å². The zero-order valence-electron chi connectivity index (χ0n) is 11.5. The SMILES string of the molecule is C[SiH](C)O.C[Si](C)(C)C.C[Si](C)(C)O. The van der Waals surface area contributed by atoms with Crippen molar-refractivity contribution in [3.05, 3.63) is 0 Å². The van der Waals surface area contributed by atoms with E-state index in [4.69, 9.17) is 9.59 Å². The first-order valence-electron chi connectivity index (χ1n) is 5.14. The summed E-state index contributed by atoms with van der Waals surface area (Å²) in [5.74, 6) is 0. The largest absolute Gasteiger partial charge is 0.435 e. The maximum absolute atomic E-state index is 8.66. The fourth-order valence-corrected chi connectivity index (χ4v) is 0. The van der Waals surface area contributed by atoms with Crippen LogP contribution in [-0.4, -0.2) is 35.0 Å². The van der Waals surface area contributed by atoms with Crippen LogP contribution in [0.25, 0.3) is 0 Å². The second-order valence-corrected chi connectivity index (χ2v) is 18.8. The molecular formula is C9H30O2Si3. The van der Waals surface area contributed by atoms with Gasteiger partial charge >= 0.3 is 0 Å². The molecule has 0 aromatic rings. The van der Waals surface area contributed by atoms with Crippen LogP contribution in [0.2, 0.25) is 58.9 Å². The lowest BCUT2D eigenvalue weighted by Crippen LogP contribution is -2.17. The van der Waals surface area contributed by atoms with E-state index in [1.165, 1.54) is 0 Å². The molecule has 0 saturated heterocycles. The molecule has 0 heterocycles. The molecule has 0 aromatic carbocycles. The Labute approximate surface area is 94.2 Å². The summed E-state index contributed by atoms with van der Waals surface area (Å²) in [5, 5.41) is 0. The van der Waals surface area contributed by atoms with Crippen molar-refractivity contribution >= 4 is 25.4 Å². The quantitative estimate of drug-likeness (QED) is 0.653. The van der Waals surface area contributed by atoms with E-state index in [9.17, 15) is 0 Å². The highest BCUT2D eigenvalue weighted by Crippen LogP contribution is 1.94. The lowest BCUT2D eigenvalue weighted by atomic mass is 11.8. The number of hydrogen-bond donors (Lipinski definition) is 2. The van der Waals surface area contributed by atoms with Gasteiger partial charge in [-0.3, -0.25) is 0 Å². The summed E-state index contributed by atoms with van der Waals surface area (Å²) in [5.41, 5.74) is 0. The van der Waals surface area contributed by atoms with E-state index in [1.54, 1.807) is 0 Å². The fourth-order valence-electron chi connectivity index (χ4n) is 0. The maximum atomic E-state index is 8.66. The smallest absolute Gasteiger partial charge is 0.179 e. The highest BCUT2D eigenvalue weighted by molar-refractivity contribution is 6.74. The van der Waals surface area contributed by atoms with E-state index in [-0.39, 0.29) is 0 Å². The van der Waals surface area contributed by atoms with Gasteiger partial charge in [-0.1, -0.05) is 26.2 Å². The molecule has 0 atom stereocenters. The molecule has 90 valence electrons. The first-order valence-corrected chi connectivity index (χ1v) is 15.4. The minimum Gasteiger partial charge on any atom is -0.435 e. The molecule has 0 aliphatic rings. The summed E-state index contributed by atoms with van der Waals surface area (Å²) < 4.78 is 0. The highest BCUT2D eigenvalue weighted by atomic mass is 28.4. The van der Waals surface area contributed by atoms with Crippen LogP contribution < -0.4 is 0 Å². The zero-order valence-corrected chi connectivity index (χ0v) is 14.6. The van der Waals surface area contributed by atoms with Gasteiger partial charge in [-0.25, -0.2) is 0 Å². The van der Waals surface area contributed by atoms with Crippen molar-refractivity contribution in [3.8, 4) is 0 Å². The zero-order chi connectivity index (χ0) is 12.6. The van der Waals surface area contributed by atoms with E-state index < -0.39 is 25.4 Å². The van der Waals surface area contributed by atoms with Gasteiger partial charge in [0.25, 0.3) is 0 Å². The van der Waals surface area contributed by atoms with Crippen LogP contribution in [0.15, 0.2) is 0 Å². The average Bonchev–Trinajstić information content (AvgIpc) is 1.45. The molecule has 0 fully saturated rings. The van der Waals surface area contributed by atoms with Crippen LogP contribution in [0.1, 0.15) is 0 Å². The van der Waals surface area contributed by atoms with E-state index in [1.807, 2.05) is 32.7 Å². The molecule has 0 saturated carbocycles. The first-order chi connectivity index (χ1) is 5.73. The van der Waals surface area contributed by atoms with Gasteiger partial charge in [0.1, 0.15) is 0 Å². The van der Waals surface area contributed by atoms with Crippen molar-refractivity contribution in [2.45, 2.75) is 58.9 Å². The van der Waals surface area contributed by atoms with Gasteiger partial charge in [0.05, 0.1) is 0 Å². The summed E-state index contributed by atoms with van der Waals surface area (Å²) in [6.07, 6.45) is 0. The molecule has 0 rings (SSSR count). The molecule has 0 bridgehead atoms. The van der Waals surface area contributed by atoms with Gasteiger partial charge in [-0.15, -0.1) is 0 Å². The average molecular weight is 255 g/mol. The summed E-state index contributed by atoms with van der Waals surface area (Å²) in [6, 6.07) is 0. The normalized spacial score (nSPS) is 11.1. The Morgan fingerprint density at radius 1 is 0.786 bits per heavy atom. The molecule has 0 spiro atoms. The summed E-state index contributed by atoms with van der Waals surface area (Å²) in [6.45, 7) is 18.7. The maximum Gasteiger partial charge on any atom is 0.179 e. The fraction of sp³-hybridized carbons (Fsp3) is 1.00.